The van der Waals surface area contributed by atoms with Gasteiger partial charge in [0.1, 0.15) is 6.10 Å². The van der Waals surface area contributed by atoms with Crippen LogP contribution in [0.2, 0.25) is 0 Å². The highest BCUT2D eigenvalue weighted by atomic mass is 16.6. The Balaban J connectivity index is 1.76. The highest BCUT2D eigenvalue weighted by Gasteiger charge is 2.33. The molecule has 0 radical (unpaired) electrons. The van der Waals surface area contributed by atoms with E-state index in [-0.39, 0.29) is 67.2 Å². The van der Waals surface area contributed by atoms with Gasteiger partial charge in [-0.05, 0) is 69.8 Å². The first kappa shape index (κ1) is 33.8. The number of carbonyl (C=O) groups excluding carboxylic acids is 3. The molecule has 0 aromatic rings. The van der Waals surface area contributed by atoms with Crippen LogP contribution in [0.3, 0.4) is 0 Å². The Morgan fingerprint density at radius 2 is 1.57 bits per heavy atom. The Hall–Kier alpha value is -2.71. The lowest BCUT2D eigenvalue weighted by atomic mass is 9.87. The number of carbonyl (C=O) groups is 3. The highest BCUT2D eigenvalue weighted by Crippen LogP contribution is 2.34. The molecule has 3 aliphatic rings. The molecule has 0 aliphatic carbocycles. The monoisotopic (exact) mass is 586 g/mol. The molecule has 0 aromatic heterocycles. The molecule has 0 amide bonds. The second-order valence-electron chi connectivity index (χ2n) is 12.3. The fourth-order valence-corrected chi connectivity index (χ4v) is 6.09. The maximum absolute atomic E-state index is 13.2. The Morgan fingerprint density at radius 3 is 2.31 bits per heavy atom. The quantitative estimate of drug-likeness (QED) is 0.154. The standard InChI is InChI=1S/C34H50O8/c1-23(17-32(35)38-4)10-7-6-8-13-31-25(3)15-14-24(2)16-27-11-9-12-28(40-27)21-29-18-26(20-33(36)39-5)19-30(41-29)22-34(37)42-31/h6-8,10,13,20,24-25,27-31H,9,11-12,14-19,21-22H2,1-5H3/b7-6-,13-8+,23-10+,26-20-. The van der Waals surface area contributed by atoms with Crippen LogP contribution in [0.5, 0.6) is 0 Å². The molecule has 8 heteroatoms. The molecule has 3 saturated heterocycles. The zero-order valence-electron chi connectivity index (χ0n) is 26.0. The van der Waals surface area contributed by atoms with Gasteiger partial charge in [0.2, 0.25) is 0 Å². The van der Waals surface area contributed by atoms with Crippen molar-refractivity contribution in [2.24, 2.45) is 11.8 Å². The summed E-state index contributed by atoms with van der Waals surface area (Å²) >= 11 is 0. The van der Waals surface area contributed by atoms with Crippen molar-refractivity contribution in [3.8, 4) is 0 Å². The molecule has 0 aromatic carbocycles. The number of fused-ring (bicyclic) bond motifs is 4. The Kier molecular flexibility index (Phi) is 14.0. The summed E-state index contributed by atoms with van der Waals surface area (Å²) in [6, 6.07) is 0. The Labute approximate surface area is 251 Å². The van der Waals surface area contributed by atoms with Crippen molar-refractivity contribution < 1.29 is 38.1 Å². The molecule has 0 N–H and O–H groups in total. The molecule has 4 bridgehead atoms. The van der Waals surface area contributed by atoms with Crippen LogP contribution in [-0.4, -0.2) is 62.6 Å². The van der Waals surface area contributed by atoms with Gasteiger partial charge in [-0.3, -0.25) is 9.59 Å². The summed E-state index contributed by atoms with van der Waals surface area (Å²) in [5.74, 6) is -0.353. The second-order valence-corrected chi connectivity index (χ2v) is 12.3. The van der Waals surface area contributed by atoms with Gasteiger partial charge in [-0.15, -0.1) is 0 Å². The molecule has 42 heavy (non-hydrogen) atoms. The summed E-state index contributed by atoms with van der Waals surface area (Å²) in [4.78, 5) is 36.7. The molecule has 3 fully saturated rings. The fraction of sp³-hybridized carbons (Fsp3) is 0.676. The zero-order chi connectivity index (χ0) is 30.5. The number of esters is 3. The first-order valence-corrected chi connectivity index (χ1v) is 15.5. The number of hydrogen-bond donors (Lipinski definition) is 0. The third-order valence-corrected chi connectivity index (χ3v) is 8.41. The van der Waals surface area contributed by atoms with Gasteiger partial charge < -0.3 is 23.7 Å². The van der Waals surface area contributed by atoms with Crippen molar-refractivity contribution in [1.29, 1.82) is 0 Å². The van der Waals surface area contributed by atoms with Crippen LogP contribution in [0.4, 0.5) is 0 Å². The van der Waals surface area contributed by atoms with Crippen LogP contribution < -0.4 is 0 Å². The van der Waals surface area contributed by atoms with Crippen molar-refractivity contribution in [1.82, 2.24) is 0 Å². The van der Waals surface area contributed by atoms with Crippen LogP contribution in [0.1, 0.15) is 91.4 Å². The molecule has 3 heterocycles. The molecule has 0 saturated carbocycles. The molecule has 3 rings (SSSR count). The van der Waals surface area contributed by atoms with E-state index in [2.05, 4.69) is 13.8 Å². The first-order chi connectivity index (χ1) is 20.1. The van der Waals surface area contributed by atoms with Gasteiger partial charge in [-0.1, -0.05) is 55.7 Å². The van der Waals surface area contributed by atoms with Gasteiger partial charge in [-0.25, -0.2) is 4.79 Å². The fourth-order valence-electron chi connectivity index (χ4n) is 6.09. The van der Waals surface area contributed by atoms with Crippen LogP contribution >= 0.6 is 0 Å². The van der Waals surface area contributed by atoms with Gasteiger partial charge in [0, 0.05) is 12.5 Å². The van der Waals surface area contributed by atoms with E-state index in [1.54, 1.807) is 6.08 Å². The summed E-state index contributed by atoms with van der Waals surface area (Å²) in [5, 5.41) is 0. The largest absolute Gasteiger partial charge is 0.469 e. The smallest absolute Gasteiger partial charge is 0.330 e. The molecular weight excluding hydrogens is 536 g/mol. The summed E-state index contributed by atoms with van der Waals surface area (Å²) in [6.07, 6.45) is 18.9. The third-order valence-electron chi connectivity index (χ3n) is 8.41. The molecule has 7 atom stereocenters. The van der Waals surface area contributed by atoms with E-state index in [4.69, 9.17) is 23.7 Å². The van der Waals surface area contributed by atoms with Gasteiger partial charge in [0.15, 0.2) is 0 Å². The normalized spacial score (nSPS) is 33.0. The van der Waals surface area contributed by atoms with Crippen LogP contribution in [0.25, 0.3) is 0 Å². The topological polar surface area (TPSA) is 97.4 Å². The number of rotatable bonds is 6. The average molecular weight is 587 g/mol. The Bertz CT molecular complexity index is 1020. The van der Waals surface area contributed by atoms with E-state index in [0.717, 1.165) is 56.1 Å². The van der Waals surface area contributed by atoms with Crippen LogP contribution in [-0.2, 0) is 38.1 Å². The van der Waals surface area contributed by atoms with E-state index in [9.17, 15) is 14.4 Å². The Morgan fingerprint density at radius 1 is 0.857 bits per heavy atom. The molecule has 7 unspecified atom stereocenters. The van der Waals surface area contributed by atoms with Crippen molar-refractivity contribution in [3.63, 3.8) is 0 Å². The van der Waals surface area contributed by atoms with E-state index in [0.29, 0.717) is 18.8 Å². The molecule has 0 spiro atoms. The molecule has 8 nitrogen and oxygen atoms in total. The number of methoxy groups -OCH3 is 2. The summed E-state index contributed by atoms with van der Waals surface area (Å²) < 4.78 is 28.6. The van der Waals surface area contributed by atoms with Crippen molar-refractivity contribution in [2.45, 2.75) is 122 Å². The van der Waals surface area contributed by atoms with Crippen LogP contribution in [0, 0.1) is 11.8 Å². The van der Waals surface area contributed by atoms with Crippen molar-refractivity contribution in [2.75, 3.05) is 14.2 Å². The zero-order valence-corrected chi connectivity index (χ0v) is 26.0. The first-order valence-electron chi connectivity index (χ1n) is 15.5. The maximum atomic E-state index is 13.2. The number of hydrogen-bond acceptors (Lipinski definition) is 8. The SMILES string of the molecule is COC(=O)/C=C1\CC2CC(=O)OC(/C=C/C=C\C=C(/C)CC(=O)OC)C(C)CCC(C)CC3CCCC(CC(C1)O2)O3. The van der Waals surface area contributed by atoms with E-state index in [1.165, 1.54) is 14.2 Å². The molecule has 3 aliphatic heterocycles. The maximum Gasteiger partial charge on any atom is 0.330 e. The number of allylic oxidation sites excluding steroid dienone is 4. The minimum absolute atomic E-state index is 0.113. The van der Waals surface area contributed by atoms with Crippen molar-refractivity contribution in [3.05, 3.63) is 47.6 Å². The van der Waals surface area contributed by atoms with E-state index < -0.39 is 0 Å². The van der Waals surface area contributed by atoms with Gasteiger partial charge >= 0.3 is 17.9 Å². The third kappa shape index (κ3) is 11.9. The predicted molar refractivity (Wildman–Crippen MR) is 160 cm³/mol. The molecular formula is C34H50O8. The van der Waals surface area contributed by atoms with E-state index >= 15 is 0 Å². The minimum Gasteiger partial charge on any atom is -0.469 e. The molecule has 234 valence electrons. The number of ether oxygens (including phenoxy) is 5. The lowest BCUT2D eigenvalue weighted by Gasteiger charge is -2.37. The minimum atomic E-state index is -0.389. The van der Waals surface area contributed by atoms with Gasteiger partial charge in [0.25, 0.3) is 0 Å². The second kappa shape index (κ2) is 17.4. The number of cyclic esters (lactones) is 1. The van der Waals surface area contributed by atoms with Gasteiger partial charge in [-0.2, -0.15) is 0 Å². The van der Waals surface area contributed by atoms with Gasteiger partial charge in [0.05, 0.1) is 51.5 Å². The summed E-state index contributed by atoms with van der Waals surface area (Å²) in [5.41, 5.74) is 1.83. The predicted octanol–water partition coefficient (Wildman–Crippen LogP) is 6.34. The average Bonchev–Trinajstić information content (AvgIpc) is 2.94. The summed E-state index contributed by atoms with van der Waals surface area (Å²) in [7, 11) is 2.75. The lowest BCUT2D eigenvalue weighted by Crippen LogP contribution is -2.37. The van der Waals surface area contributed by atoms with Crippen molar-refractivity contribution >= 4 is 17.9 Å². The van der Waals surface area contributed by atoms with Crippen LogP contribution in [0.15, 0.2) is 47.6 Å². The summed E-state index contributed by atoms with van der Waals surface area (Å²) in [6.45, 7) is 6.28. The highest BCUT2D eigenvalue weighted by molar-refractivity contribution is 5.82. The lowest BCUT2D eigenvalue weighted by molar-refractivity contribution is -0.155. The van der Waals surface area contributed by atoms with E-state index in [1.807, 2.05) is 37.3 Å².